The molecule has 3 heterocycles. The van der Waals surface area contributed by atoms with Crippen LogP contribution in [0.2, 0.25) is 0 Å². The van der Waals surface area contributed by atoms with Gasteiger partial charge in [0.15, 0.2) is 0 Å². The second-order valence-electron chi connectivity index (χ2n) is 6.14. The summed E-state index contributed by atoms with van der Waals surface area (Å²) in [6.07, 6.45) is 7.85. The Labute approximate surface area is 136 Å². The number of pyridine rings is 2. The third-order valence-electron chi connectivity index (χ3n) is 4.67. The summed E-state index contributed by atoms with van der Waals surface area (Å²) < 4.78 is 12.1. The van der Waals surface area contributed by atoms with E-state index < -0.39 is 0 Å². The number of aromatic nitrogens is 2. The van der Waals surface area contributed by atoms with Crippen LogP contribution in [-0.2, 0) is 11.3 Å². The Kier molecular flexibility index (Phi) is 4.22. The van der Waals surface area contributed by atoms with Crippen molar-refractivity contribution in [3.05, 3.63) is 54.5 Å². The molecule has 2 fully saturated rings. The SMILES string of the molecule is c1ccc(O[C@@H]2CC[C@H]3[C@H]2OCCN3Cc2cccnc2)nc1. The lowest BCUT2D eigenvalue weighted by Crippen LogP contribution is -2.51. The minimum Gasteiger partial charge on any atom is -0.472 e. The van der Waals surface area contributed by atoms with Crippen molar-refractivity contribution in [1.29, 1.82) is 0 Å². The maximum Gasteiger partial charge on any atom is 0.213 e. The average molecular weight is 311 g/mol. The molecule has 0 spiro atoms. The lowest BCUT2D eigenvalue weighted by atomic mass is 10.1. The molecule has 1 saturated heterocycles. The smallest absolute Gasteiger partial charge is 0.213 e. The van der Waals surface area contributed by atoms with Crippen molar-refractivity contribution in [3.63, 3.8) is 0 Å². The number of ether oxygens (including phenoxy) is 2. The van der Waals surface area contributed by atoms with E-state index in [1.807, 2.05) is 36.7 Å². The number of hydrogen-bond donors (Lipinski definition) is 0. The van der Waals surface area contributed by atoms with E-state index in [0.29, 0.717) is 11.9 Å². The Bertz CT molecular complexity index is 623. The molecule has 120 valence electrons. The maximum atomic E-state index is 6.07. The summed E-state index contributed by atoms with van der Waals surface area (Å²) in [4.78, 5) is 11.0. The predicted octanol–water partition coefficient (Wildman–Crippen LogP) is 2.29. The normalized spacial score (nSPS) is 27.6. The summed E-state index contributed by atoms with van der Waals surface area (Å²) in [6.45, 7) is 2.64. The molecule has 3 atom stereocenters. The Balaban J connectivity index is 1.44. The molecule has 0 aromatic carbocycles. The molecule has 5 heteroatoms. The van der Waals surface area contributed by atoms with Crippen LogP contribution in [0.15, 0.2) is 48.9 Å². The minimum atomic E-state index is 0.0894. The molecular weight excluding hydrogens is 290 g/mol. The molecule has 1 aliphatic heterocycles. The summed E-state index contributed by atoms with van der Waals surface area (Å²) >= 11 is 0. The first-order valence-corrected chi connectivity index (χ1v) is 8.22. The summed E-state index contributed by atoms with van der Waals surface area (Å²) in [5, 5.41) is 0. The van der Waals surface area contributed by atoms with E-state index in [1.165, 1.54) is 5.56 Å². The summed E-state index contributed by atoms with van der Waals surface area (Å²) in [5.41, 5.74) is 1.25. The van der Waals surface area contributed by atoms with Gasteiger partial charge in [0.2, 0.25) is 5.88 Å². The van der Waals surface area contributed by atoms with E-state index >= 15 is 0 Å². The molecule has 2 aromatic rings. The second-order valence-corrected chi connectivity index (χ2v) is 6.14. The number of nitrogens with zero attached hydrogens (tertiary/aromatic N) is 3. The topological polar surface area (TPSA) is 47.5 Å². The number of fused-ring (bicyclic) bond motifs is 1. The van der Waals surface area contributed by atoms with Crippen molar-refractivity contribution in [2.75, 3.05) is 13.2 Å². The van der Waals surface area contributed by atoms with Gasteiger partial charge >= 0.3 is 0 Å². The van der Waals surface area contributed by atoms with Crippen molar-refractivity contribution in [2.45, 2.75) is 37.6 Å². The standard InChI is InChI=1S/C18H21N3O2/c1-2-9-20-17(5-1)23-16-7-6-15-18(16)22-11-10-21(15)13-14-4-3-8-19-12-14/h1-5,8-9,12,15-16,18H,6-7,10-11,13H2/t15-,16+,18+/m0/s1. The molecule has 0 radical (unpaired) electrons. The monoisotopic (exact) mass is 311 g/mol. The van der Waals surface area contributed by atoms with Crippen LogP contribution in [0.4, 0.5) is 0 Å². The van der Waals surface area contributed by atoms with E-state index in [-0.39, 0.29) is 12.2 Å². The fourth-order valence-corrected chi connectivity index (χ4v) is 3.61. The van der Waals surface area contributed by atoms with Crippen molar-refractivity contribution in [3.8, 4) is 5.88 Å². The van der Waals surface area contributed by atoms with Crippen LogP contribution in [0, 0.1) is 0 Å². The molecule has 4 rings (SSSR count). The first kappa shape index (κ1) is 14.6. The number of rotatable bonds is 4. The third-order valence-corrected chi connectivity index (χ3v) is 4.67. The van der Waals surface area contributed by atoms with Crippen molar-refractivity contribution in [2.24, 2.45) is 0 Å². The van der Waals surface area contributed by atoms with Gasteiger partial charge < -0.3 is 9.47 Å². The van der Waals surface area contributed by atoms with E-state index in [2.05, 4.69) is 20.9 Å². The van der Waals surface area contributed by atoms with Gasteiger partial charge in [-0.15, -0.1) is 0 Å². The fourth-order valence-electron chi connectivity index (χ4n) is 3.61. The van der Waals surface area contributed by atoms with Gasteiger partial charge in [-0.1, -0.05) is 12.1 Å². The quantitative estimate of drug-likeness (QED) is 0.867. The zero-order chi connectivity index (χ0) is 15.5. The van der Waals surface area contributed by atoms with Gasteiger partial charge in [0.1, 0.15) is 12.2 Å². The average Bonchev–Trinajstić information content (AvgIpc) is 3.01. The van der Waals surface area contributed by atoms with E-state index in [1.54, 1.807) is 6.20 Å². The van der Waals surface area contributed by atoms with Crippen LogP contribution >= 0.6 is 0 Å². The van der Waals surface area contributed by atoms with Crippen LogP contribution in [0.5, 0.6) is 5.88 Å². The summed E-state index contributed by atoms with van der Waals surface area (Å²) in [6, 6.07) is 10.3. The van der Waals surface area contributed by atoms with Crippen molar-refractivity contribution < 1.29 is 9.47 Å². The van der Waals surface area contributed by atoms with Gasteiger partial charge in [0.05, 0.1) is 6.61 Å². The first-order valence-electron chi connectivity index (χ1n) is 8.22. The fraction of sp³-hybridized carbons (Fsp3) is 0.444. The lowest BCUT2D eigenvalue weighted by molar-refractivity contribution is -0.0922. The van der Waals surface area contributed by atoms with Crippen LogP contribution < -0.4 is 4.74 Å². The zero-order valence-electron chi connectivity index (χ0n) is 13.0. The van der Waals surface area contributed by atoms with E-state index in [4.69, 9.17) is 9.47 Å². The van der Waals surface area contributed by atoms with Crippen LogP contribution in [-0.4, -0.2) is 46.3 Å². The van der Waals surface area contributed by atoms with Gasteiger partial charge in [-0.3, -0.25) is 9.88 Å². The van der Waals surface area contributed by atoms with Gasteiger partial charge in [0, 0.05) is 43.8 Å². The molecule has 0 bridgehead atoms. The Morgan fingerprint density at radius 2 is 2.17 bits per heavy atom. The van der Waals surface area contributed by atoms with Crippen molar-refractivity contribution in [1.82, 2.24) is 14.9 Å². The van der Waals surface area contributed by atoms with Gasteiger partial charge in [-0.2, -0.15) is 0 Å². The Morgan fingerprint density at radius 1 is 1.17 bits per heavy atom. The number of morpholine rings is 1. The molecule has 1 aliphatic carbocycles. The highest BCUT2D eigenvalue weighted by molar-refractivity contribution is 5.12. The molecule has 2 aliphatic rings. The van der Waals surface area contributed by atoms with Crippen LogP contribution in [0.25, 0.3) is 0 Å². The van der Waals surface area contributed by atoms with Gasteiger partial charge in [-0.25, -0.2) is 4.98 Å². The molecule has 1 saturated carbocycles. The first-order chi connectivity index (χ1) is 11.4. The zero-order valence-corrected chi connectivity index (χ0v) is 13.0. The molecule has 2 aromatic heterocycles. The van der Waals surface area contributed by atoms with E-state index in [9.17, 15) is 0 Å². The summed E-state index contributed by atoms with van der Waals surface area (Å²) in [5.74, 6) is 0.686. The lowest BCUT2D eigenvalue weighted by Gasteiger charge is -2.38. The van der Waals surface area contributed by atoms with Crippen LogP contribution in [0.3, 0.4) is 0 Å². The van der Waals surface area contributed by atoms with Crippen LogP contribution in [0.1, 0.15) is 18.4 Å². The molecule has 0 N–H and O–H groups in total. The van der Waals surface area contributed by atoms with Crippen molar-refractivity contribution >= 4 is 0 Å². The molecule has 23 heavy (non-hydrogen) atoms. The number of hydrogen-bond acceptors (Lipinski definition) is 5. The molecular formula is C18H21N3O2. The third kappa shape index (κ3) is 3.21. The van der Waals surface area contributed by atoms with E-state index in [0.717, 1.165) is 32.5 Å². The second kappa shape index (κ2) is 6.64. The van der Waals surface area contributed by atoms with Gasteiger partial charge in [0.25, 0.3) is 0 Å². The Morgan fingerprint density at radius 3 is 3.00 bits per heavy atom. The predicted molar refractivity (Wildman–Crippen MR) is 86.1 cm³/mol. The Hall–Kier alpha value is -1.98. The molecule has 0 amide bonds. The highest BCUT2D eigenvalue weighted by atomic mass is 16.5. The summed E-state index contributed by atoms with van der Waals surface area (Å²) in [7, 11) is 0. The van der Waals surface area contributed by atoms with Gasteiger partial charge in [-0.05, 0) is 30.5 Å². The highest BCUT2D eigenvalue weighted by Crippen LogP contribution is 2.33. The molecule has 0 unspecified atom stereocenters. The highest BCUT2D eigenvalue weighted by Gasteiger charge is 2.44. The minimum absolute atomic E-state index is 0.0894. The largest absolute Gasteiger partial charge is 0.472 e. The maximum absolute atomic E-state index is 6.07. The molecule has 5 nitrogen and oxygen atoms in total.